The van der Waals surface area contributed by atoms with Crippen LogP contribution in [0.15, 0.2) is 18.2 Å². The van der Waals surface area contributed by atoms with Crippen molar-refractivity contribution in [2.24, 2.45) is 0 Å². The fraction of sp³-hybridized carbons (Fsp3) is 0.357. The molecule has 0 radical (unpaired) electrons. The lowest BCUT2D eigenvalue weighted by Crippen LogP contribution is -2.27. The molecular weight excluding hydrogens is 258 g/mol. The minimum Gasteiger partial charge on any atom is -0.491 e. The molecular formula is C14H15N3O3. The average molecular weight is 273 g/mol. The number of nitriles is 1. The zero-order chi connectivity index (χ0) is 14.5. The van der Waals surface area contributed by atoms with Gasteiger partial charge in [0.2, 0.25) is 5.91 Å². The van der Waals surface area contributed by atoms with E-state index in [2.05, 4.69) is 5.32 Å². The maximum Gasteiger partial charge on any atom is 0.251 e. The largest absolute Gasteiger partial charge is 0.491 e. The maximum absolute atomic E-state index is 11.9. The van der Waals surface area contributed by atoms with Crippen LogP contribution < -0.4 is 15.0 Å². The molecule has 0 aliphatic carbocycles. The van der Waals surface area contributed by atoms with E-state index in [-0.39, 0.29) is 18.2 Å². The molecule has 1 aromatic carbocycles. The monoisotopic (exact) mass is 273 g/mol. The zero-order valence-electron chi connectivity index (χ0n) is 11.2. The van der Waals surface area contributed by atoms with Crippen molar-refractivity contribution in [1.82, 2.24) is 5.32 Å². The standard InChI is InChI=1S/C14H15N3O3/c1-17-11-9-10(14(19)16-7-2-6-15)3-4-12(11)20-8-5-13(17)18/h3-4,9H,2,5,7-8H2,1H3,(H,16,19). The second kappa shape index (κ2) is 6.06. The summed E-state index contributed by atoms with van der Waals surface area (Å²) < 4.78 is 5.49. The van der Waals surface area contributed by atoms with Gasteiger partial charge in [0.1, 0.15) is 5.75 Å². The van der Waals surface area contributed by atoms with E-state index in [1.807, 2.05) is 6.07 Å². The molecule has 0 fully saturated rings. The first-order valence-electron chi connectivity index (χ1n) is 6.32. The first-order valence-corrected chi connectivity index (χ1v) is 6.32. The van der Waals surface area contributed by atoms with Crippen molar-refractivity contribution in [1.29, 1.82) is 5.26 Å². The molecule has 2 rings (SSSR count). The van der Waals surface area contributed by atoms with Crippen LogP contribution in [0.2, 0.25) is 0 Å². The Bertz CT molecular complexity index is 578. The van der Waals surface area contributed by atoms with E-state index >= 15 is 0 Å². The zero-order valence-corrected chi connectivity index (χ0v) is 11.2. The van der Waals surface area contributed by atoms with Crippen LogP contribution in [-0.4, -0.2) is 32.0 Å². The molecule has 0 saturated heterocycles. The molecule has 0 aromatic heterocycles. The summed E-state index contributed by atoms with van der Waals surface area (Å²) in [6.45, 7) is 0.640. The Morgan fingerprint density at radius 1 is 1.55 bits per heavy atom. The third-order valence-electron chi connectivity index (χ3n) is 3.05. The molecule has 104 valence electrons. The normalized spacial score (nSPS) is 13.8. The van der Waals surface area contributed by atoms with E-state index in [1.165, 1.54) is 4.90 Å². The van der Waals surface area contributed by atoms with Gasteiger partial charge in [0.15, 0.2) is 0 Å². The van der Waals surface area contributed by atoms with Crippen LogP contribution in [0.3, 0.4) is 0 Å². The number of hydrogen-bond donors (Lipinski definition) is 1. The van der Waals surface area contributed by atoms with Crippen molar-refractivity contribution in [2.75, 3.05) is 25.1 Å². The summed E-state index contributed by atoms with van der Waals surface area (Å²) in [7, 11) is 1.66. The van der Waals surface area contributed by atoms with Crippen LogP contribution in [0, 0.1) is 11.3 Å². The van der Waals surface area contributed by atoms with Crippen molar-refractivity contribution in [3.8, 4) is 11.8 Å². The van der Waals surface area contributed by atoms with Gasteiger partial charge >= 0.3 is 0 Å². The average Bonchev–Trinajstić information content (AvgIpc) is 2.59. The lowest BCUT2D eigenvalue weighted by Gasteiger charge is -2.17. The maximum atomic E-state index is 11.9. The van der Waals surface area contributed by atoms with Crippen molar-refractivity contribution in [2.45, 2.75) is 12.8 Å². The minimum absolute atomic E-state index is 0.0502. The molecule has 1 heterocycles. The van der Waals surface area contributed by atoms with Gasteiger partial charge in [-0.2, -0.15) is 5.26 Å². The van der Waals surface area contributed by atoms with Crippen LogP contribution in [0.4, 0.5) is 5.69 Å². The van der Waals surface area contributed by atoms with Gasteiger partial charge in [-0.15, -0.1) is 0 Å². The van der Waals surface area contributed by atoms with Crippen LogP contribution in [-0.2, 0) is 4.79 Å². The number of amides is 2. The molecule has 0 bridgehead atoms. The van der Waals surface area contributed by atoms with E-state index in [9.17, 15) is 9.59 Å². The van der Waals surface area contributed by atoms with Gasteiger partial charge < -0.3 is 15.0 Å². The Kier molecular flexibility index (Phi) is 4.20. The highest BCUT2D eigenvalue weighted by molar-refractivity contribution is 5.99. The smallest absolute Gasteiger partial charge is 0.251 e. The Labute approximate surface area is 116 Å². The highest BCUT2D eigenvalue weighted by atomic mass is 16.5. The SMILES string of the molecule is CN1C(=O)CCOc2ccc(C(=O)NCCC#N)cc21. The molecule has 1 N–H and O–H groups in total. The summed E-state index contributed by atoms with van der Waals surface area (Å²) in [5.41, 5.74) is 1.02. The summed E-state index contributed by atoms with van der Waals surface area (Å²) in [5.74, 6) is 0.269. The molecule has 2 amide bonds. The number of fused-ring (bicyclic) bond motifs is 1. The highest BCUT2D eigenvalue weighted by Gasteiger charge is 2.21. The minimum atomic E-state index is -0.270. The molecule has 1 aliphatic heterocycles. The molecule has 0 spiro atoms. The lowest BCUT2D eigenvalue weighted by atomic mass is 10.1. The van der Waals surface area contributed by atoms with E-state index in [0.29, 0.717) is 36.6 Å². The summed E-state index contributed by atoms with van der Waals surface area (Å²) in [6, 6.07) is 6.91. The summed E-state index contributed by atoms with van der Waals surface area (Å²) in [5, 5.41) is 11.1. The molecule has 0 unspecified atom stereocenters. The van der Waals surface area contributed by atoms with Gasteiger partial charge in [-0.1, -0.05) is 0 Å². The number of hydrogen-bond acceptors (Lipinski definition) is 4. The first kappa shape index (κ1) is 13.9. The van der Waals surface area contributed by atoms with Crippen LogP contribution in [0.1, 0.15) is 23.2 Å². The molecule has 1 aromatic rings. The van der Waals surface area contributed by atoms with Crippen molar-refractivity contribution in [3.63, 3.8) is 0 Å². The van der Waals surface area contributed by atoms with Crippen LogP contribution >= 0.6 is 0 Å². The molecule has 1 aliphatic rings. The quantitative estimate of drug-likeness (QED) is 0.835. The number of carbonyl (C=O) groups excluding carboxylic acids is 2. The summed E-state index contributed by atoms with van der Waals surface area (Å²) in [4.78, 5) is 25.2. The Balaban J connectivity index is 2.22. The molecule has 20 heavy (non-hydrogen) atoms. The van der Waals surface area contributed by atoms with Gasteiger partial charge in [-0.05, 0) is 18.2 Å². The lowest BCUT2D eigenvalue weighted by molar-refractivity contribution is -0.118. The van der Waals surface area contributed by atoms with Crippen LogP contribution in [0.5, 0.6) is 5.75 Å². The van der Waals surface area contributed by atoms with Gasteiger partial charge in [0.05, 0.1) is 31.2 Å². The summed E-state index contributed by atoms with van der Waals surface area (Å²) >= 11 is 0. The fourth-order valence-electron chi connectivity index (χ4n) is 1.93. The van der Waals surface area contributed by atoms with E-state index in [0.717, 1.165) is 0 Å². The highest BCUT2D eigenvalue weighted by Crippen LogP contribution is 2.31. The van der Waals surface area contributed by atoms with E-state index in [1.54, 1.807) is 25.2 Å². The van der Waals surface area contributed by atoms with Gasteiger partial charge in [0.25, 0.3) is 5.91 Å². The molecule has 0 saturated carbocycles. The Morgan fingerprint density at radius 2 is 2.35 bits per heavy atom. The number of nitrogens with zero attached hydrogens (tertiary/aromatic N) is 2. The number of nitrogens with one attached hydrogen (secondary N) is 1. The topological polar surface area (TPSA) is 82.4 Å². The first-order chi connectivity index (χ1) is 9.63. The third-order valence-corrected chi connectivity index (χ3v) is 3.05. The van der Waals surface area contributed by atoms with Gasteiger partial charge in [-0.3, -0.25) is 9.59 Å². The number of carbonyl (C=O) groups is 2. The number of rotatable bonds is 3. The third kappa shape index (κ3) is 2.88. The summed E-state index contributed by atoms with van der Waals surface area (Å²) in [6.07, 6.45) is 0.576. The molecule has 6 nitrogen and oxygen atoms in total. The van der Waals surface area contributed by atoms with Gasteiger partial charge in [-0.25, -0.2) is 0 Å². The predicted octanol–water partition coefficient (Wildman–Crippen LogP) is 1.08. The predicted molar refractivity (Wildman–Crippen MR) is 72.5 cm³/mol. The molecule has 0 atom stereocenters. The van der Waals surface area contributed by atoms with E-state index in [4.69, 9.17) is 10.00 Å². The van der Waals surface area contributed by atoms with Crippen molar-refractivity contribution in [3.05, 3.63) is 23.8 Å². The van der Waals surface area contributed by atoms with Gasteiger partial charge in [0, 0.05) is 19.2 Å². The van der Waals surface area contributed by atoms with Crippen LogP contribution in [0.25, 0.3) is 0 Å². The van der Waals surface area contributed by atoms with E-state index < -0.39 is 0 Å². The Morgan fingerprint density at radius 3 is 3.10 bits per heavy atom. The van der Waals surface area contributed by atoms with Crippen molar-refractivity contribution >= 4 is 17.5 Å². The molecule has 6 heteroatoms. The Hall–Kier alpha value is -2.55. The second-order valence-corrected chi connectivity index (χ2v) is 4.40. The number of ether oxygens (including phenoxy) is 1. The number of anilines is 1. The number of benzene rings is 1. The second-order valence-electron chi connectivity index (χ2n) is 4.40. The fourth-order valence-corrected chi connectivity index (χ4v) is 1.93. The van der Waals surface area contributed by atoms with Crippen molar-refractivity contribution < 1.29 is 14.3 Å².